The smallest absolute Gasteiger partial charge is 0.245 e. The minimum atomic E-state index is -0.371. The highest BCUT2D eigenvalue weighted by Gasteiger charge is 2.34. The number of anilines is 1. The summed E-state index contributed by atoms with van der Waals surface area (Å²) in [6.07, 6.45) is 1.86. The van der Waals surface area contributed by atoms with Gasteiger partial charge in [-0.15, -0.1) is 11.3 Å². The van der Waals surface area contributed by atoms with Crippen molar-refractivity contribution < 1.29 is 9.59 Å². The van der Waals surface area contributed by atoms with E-state index < -0.39 is 0 Å². The van der Waals surface area contributed by atoms with Crippen LogP contribution in [0.5, 0.6) is 0 Å². The van der Waals surface area contributed by atoms with Gasteiger partial charge in [-0.2, -0.15) is 5.10 Å². The maximum atomic E-state index is 12.2. The second-order valence-corrected chi connectivity index (χ2v) is 6.39. The van der Waals surface area contributed by atoms with Crippen molar-refractivity contribution in [1.82, 2.24) is 5.43 Å². The first-order valence-corrected chi connectivity index (χ1v) is 8.25. The van der Waals surface area contributed by atoms with Crippen molar-refractivity contribution in [2.24, 2.45) is 11.0 Å². The molecule has 6 heteroatoms. The van der Waals surface area contributed by atoms with Crippen LogP contribution >= 0.6 is 11.3 Å². The number of nitrogens with one attached hydrogen (secondary N) is 1. The maximum absolute atomic E-state index is 12.2. The lowest BCUT2D eigenvalue weighted by Crippen LogP contribution is -2.30. The molecule has 23 heavy (non-hydrogen) atoms. The summed E-state index contributed by atoms with van der Waals surface area (Å²) in [6.45, 7) is 2.38. The second-order valence-electron chi connectivity index (χ2n) is 5.44. The molecule has 1 N–H and O–H groups in total. The molecule has 1 saturated heterocycles. The van der Waals surface area contributed by atoms with Gasteiger partial charge in [-0.25, -0.2) is 5.43 Å². The van der Waals surface area contributed by atoms with Crippen LogP contribution in [0, 0.1) is 12.8 Å². The molecule has 0 spiro atoms. The van der Waals surface area contributed by atoms with Gasteiger partial charge in [0.25, 0.3) is 0 Å². The van der Waals surface area contributed by atoms with Crippen molar-refractivity contribution in [3.63, 3.8) is 0 Å². The molecule has 2 aromatic rings. The van der Waals surface area contributed by atoms with Gasteiger partial charge in [0.2, 0.25) is 11.8 Å². The average molecular weight is 327 g/mol. The third-order valence-electron chi connectivity index (χ3n) is 3.82. The van der Waals surface area contributed by atoms with E-state index in [4.69, 9.17) is 0 Å². The topological polar surface area (TPSA) is 61.8 Å². The number of carbonyl (C=O) groups is 2. The van der Waals surface area contributed by atoms with Crippen LogP contribution in [0.3, 0.4) is 0 Å². The number of rotatable bonds is 4. The molecule has 5 nitrogen and oxygen atoms in total. The summed E-state index contributed by atoms with van der Waals surface area (Å²) in [7, 11) is 0. The van der Waals surface area contributed by atoms with Crippen LogP contribution in [0.2, 0.25) is 0 Å². The molecule has 0 bridgehead atoms. The van der Waals surface area contributed by atoms with Crippen molar-refractivity contribution in [1.29, 1.82) is 0 Å². The van der Waals surface area contributed by atoms with E-state index in [1.165, 1.54) is 0 Å². The van der Waals surface area contributed by atoms with Crippen LogP contribution in [-0.4, -0.2) is 24.6 Å². The third kappa shape index (κ3) is 3.48. The molecular formula is C17H17N3O2S. The Morgan fingerprint density at radius 3 is 2.83 bits per heavy atom. The van der Waals surface area contributed by atoms with Crippen molar-refractivity contribution in [3.05, 3.63) is 52.2 Å². The number of benzene rings is 1. The SMILES string of the molecule is Cc1ccsc1C=NNC(=O)C1CC(=O)N(c2ccccc2)C1. The van der Waals surface area contributed by atoms with Gasteiger partial charge in [-0.05, 0) is 36.1 Å². The minimum Gasteiger partial charge on any atom is -0.312 e. The first kappa shape index (κ1) is 15.4. The highest BCUT2D eigenvalue weighted by atomic mass is 32.1. The number of aryl methyl sites for hydroxylation is 1. The number of thiophene rings is 1. The van der Waals surface area contributed by atoms with Crippen molar-refractivity contribution >= 4 is 35.1 Å². The Hall–Kier alpha value is -2.47. The van der Waals surface area contributed by atoms with Crippen LogP contribution in [-0.2, 0) is 9.59 Å². The lowest BCUT2D eigenvalue weighted by Gasteiger charge is -2.16. The Morgan fingerprint density at radius 2 is 2.13 bits per heavy atom. The molecule has 1 aromatic carbocycles. The Balaban J connectivity index is 1.60. The molecule has 1 aromatic heterocycles. The molecule has 0 saturated carbocycles. The highest BCUT2D eigenvalue weighted by molar-refractivity contribution is 7.11. The molecular weight excluding hydrogens is 310 g/mol. The van der Waals surface area contributed by atoms with E-state index in [-0.39, 0.29) is 24.2 Å². The molecule has 2 amide bonds. The molecule has 118 valence electrons. The fourth-order valence-electron chi connectivity index (χ4n) is 2.50. The first-order valence-electron chi connectivity index (χ1n) is 7.37. The summed E-state index contributed by atoms with van der Waals surface area (Å²) in [5.41, 5.74) is 4.49. The Labute approximate surface area is 138 Å². The third-order valence-corrected chi connectivity index (χ3v) is 4.78. The van der Waals surface area contributed by atoms with Gasteiger partial charge >= 0.3 is 0 Å². The zero-order valence-electron chi connectivity index (χ0n) is 12.7. The van der Waals surface area contributed by atoms with Gasteiger partial charge in [0.05, 0.1) is 12.1 Å². The summed E-state index contributed by atoms with van der Waals surface area (Å²) < 4.78 is 0. The second kappa shape index (κ2) is 6.75. The largest absolute Gasteiger partial charge is 0.312 e. The van der Waals surface area contributed by atoms with E-state index >= 15 is 0 Å². The number of carbonyl (C=O) groups excluding carboxylic acids is 2. The van der Waals surface area contributed by atoms with E-state index in [1.807, 2.05) is 48.7 Å². The summed E-state index contributed by atoms with van der Waals surface area (Å²) >= 11 is 1.57. The predicted octanol–water partition coefficient (Wildman–Crippen LogP) is 2.56. The number of amides is 2. The van der Waals surface area contributed by atoms with Gasteiger partial charge in [0.15, 0.2) is 0 Å². The number of hydrazone groups is 1. The van der Waals surface area contributed by atoms with Gasteiger partial charge in [-0.3, -0.25) is 9.59 Å². The zero-order valence-corrected chi connectivity index (χ0v) is 13.5. The lowest BCUT2D eigenvalue weighted by atomic mass is 10.1. The standard InChI is InChI=1S/C17H17N3O2S/c1-12-7-8-23-15(12)10-18-19-17(22)13-9-16(21)20(11-13)14-5-3-2-4-6-14/h2-8,10,13H,9,11H2,1H3,(H,19,22). The number of hydrogen-bond acceptors (Lipinski definition) is 4. The quantitative estimate of drug-likeness (QED) is 0.693. The predicted molar refractivity (Wildman–Crippen MR) is 91.7 cm³/mol. The van der Waals surface area contributed by atoms with Crippen LogP contribution in [0.1, 0.15) is 16.9 Å². The van der Waals surface area contributed by atoms with Crippen LogP contribution in [0.4, 0.5) is 5.69 Å². The monoisotopic (exact) mass is 327 g/mol. The van der Waals surface area contributed by atoms with Gasteiger partial charge in [-0.1, -0.05) is 18.2 Å². The van der Waals surface area contributed by atoms with Crippen molar-refractivity contribution in [2.45, 2.75) is 13.3 Å². The Kier molecular flexibility index (Phi) is 4.52. The minimum absolute atomic E-state index is 0.0329. The van der Waals surface area contributed by atoms with Gasteiger partial charge < -0.3 is 4.90 Å². The Morgan fingerprint density at radius 1 is 1.35 bits per heavy atom. The first-order chi connectivity index (χ1) is 11.1. The van der Waals surface area contributed by atoms with Crippen LogP contribution in [0.25, 0.3) is 0 Å². The molecule has 1 fully saturated rings. The molecule has 3 rings (SSSR count). The molecule has 2 heterocycles. The fourth-order valence-corrected chi connectivity index (χ4v) is 3.29. The van der Waals surface area contributed by atoms with E-state index in [0.29, 0.717) is 6.54 Å². The zero-order chi connectivity index (χ0) is 16.2. The molecule has 1 aliphatic rings. The van der Waals surface area contributed by atoms with Gasteiger partial charge in [0, 0.05) is 23.5 Å². The molecule has 1 atom stereocenters. The van der Waals surface area contributed by atoms with Crippen LogP contribution in [0.15, 0.2) is 46.9 Å². The van der Waals surface area contributed by atoms with E-state index in [9.17, 15) is 9.59 Å². The summed E-state index contributed by atoms with van der Waals surface area (Å²) in [6, 6.07) is 11.4. The lowest BCUT2D eigenvalue weighted by molar-refractivity contribution is -0.126. The molecule has 1 unspecified atom stereocenters. The highest BCUT2D eigenvalue weighted by Crippen LogP contribution is 2.24. The van der Waals surface area contributed by atoms with Crippen molar-refractivity contribution in [3.8, 4) is 0 Å². The molecule has 1 aliphatic heterocycles. The number of hydrogen-bond donors (Lipinski definition) is 1. The number of nitrogens with zero attached hydrogens (tertiary/aromatic N) is 2. The molecule has 0 radical (unpaired) electrons. The summed E-state index contributed by atoms with van der Waals surface area (Å²) in [4.78, 5) is 26.9. The van der Waals surface area contributed by atoms with E-state index in [2.05, 4.69) is 10.5 Å². The maximum Gasteiger partial charge on any atom is 0.245 e. The Bertz CT molecular complexity index is 739. The molecule has 0 aliphatic carbocycles. The van der Waals surface area contributed by atoms with Crippen molar-refractivity contribution in [2.75, 3.05) is 11.4 Å². The average Bonchev–Trinajstić information content (AvgIpc) is 3.14. The van der Waals surface area contributed by atoms with E-state index in [0.717, 1.165) is 16.1 Å². The fraction of sp³-hybridized carbons (Fsp3) is 0.235. The van der Waals surface area contributed by atoms with Gasteiger partial charge in [0.1, 0.15) is 0 Å². The van der Waals surface area contributed by atoms with E-state index in [1.54, 1.807) is 22.5 Å². The van der Waals surface area contributed by atoms with Crippen LogP contribution < -0.4 is 10.3 Å². The summed E-state index contributed by atoms with van der Waals surface area (Å²) in [5.74, 6) is -0.624. The number of para-hydroxylation sites is 1. The normalized spacial score (nSPS) is 17.9. The summed E-state index contributed by atoms with van der Waals surface area (Å²) in [5, 5.41) is 5.98.